The van der Waals surface area contributed by atoms with E-state index in [0.29, 0.717) is 5.69 Å². The minimum absolute atomic E-state index is 0.140. The van der Waals surface area contributed by atoms with Crippen LogP contribution in [0.3, 0.4) is 0 Å². The van der Waals surface area contributed by atoms with Crippen LogP contribution >= 0.6 is 0 Å². The standard InChI is InChI=1S/C16H18N4O/c1-16(2)9-11(7-8-21-16)18-15-12-5-3-4-6-13(12)19-20-14(15)10-17/h3-6,11H,7-9H2,1-2H3,(H,18,19). The minimum atomic E-state index is -0.140. The molecule has 1 atom stereocenters. The van der Waals surface area contributed by atoms with E-state index in [2.05, 4.69) is 35.4 Å². The number of ether oxygens (including phenoxy) is 1. The monoisotopic (exact) mass is 282 g/mol. The maximum atomic E-state index is 9.29. The number of rotatable bonds is 2. The molecular formula is C16H18N4O. The lowest BCUT2D eigenvalue weighted by atomic mass is 9.93. The second kappa shape index (κ2) is 5.30. The van der Waals surface area contributed by atoms with Crippen molar-refractivity contribution in [3.05, 3.63) is 30.0 Å². The van der Waals surface area contributed by atoms with E-state index in [-0.39, 0.29) is 11.6 Å². The number of fused-ring (bicyclic) bond motifs is 1. The van der Waals surface area contributed by atoms with Crippen LogP contribution in [-0.2, 0) is 4.74 Å². The van der Waals surface area contributed by atoms with Gasteiger partial charge in [0.1, 0.15) is 6.07 Å². The lowest BCUT2D eigenvalue weighted by Gasteiger charge is -2.36. The van der Waals surface area contributed by atoms with Crippen molar-refractivity contribution in [2.45, 2.75) is 38.3 Å². The Hall–Kier alpha value is -2.19. The molecule has 21 heavy (non-hydrogen) atoms. The molecule has 5 heteroatoms. The molecule has 2 heterocycles. The molecule has 0 saturated carbocycles. The summed E-state index contributed by atoms with van der Waals surface area (Å²) in [5.41, 5.74) is 1.79. The predicted molar refractivity (Wildman–Crippen MR) is 80.9 cm³/mol. The molecule has 3 rings (SSSR count). The van der Waals surface area contributed by atoms with E-state index in [9.17, 15) is 5.26 Å². The van der Waals surface area contributed by atoms with Gasteiger partial charge in [0, 0.05) is 18.0 Å². The number of nitrogens with zero attached hydrogens (tertiary/aromatic N) is 3. The Morgan fingerprint density at radius 2 is 2.14 bits per heavy atom. The summed E-state index contributed by atoms with van der Waals surface area (Å²) >= 11 is 0. The lowest BCUT2D eigenvalue weighted by Crippen LogP contribution is -2.40. The summed E-state index contributed by atoms with van der Waals surface area (Å²) in [7, 11) is 0. The first-order chi connectivity index (χ1) is 10.1. The number of hydrogen-bond donors (Lipinski definition) is 1. The third-order valence-corrected chi connectivity index (χ3v) is 3.82. The number of nitriles is 1. The molecule has 1 aromatic carbocycles. The van der Waals surface area contributed by atoms with Gasteiger partial charge in [-0.25, -0.2) is 0 Å². The van der Waals surface area contributed by atoms with Crippen molar-refractivity contribution in [3.8, 4) is 6.07 Å². The van der Waals surface area contributed by atoms with Gasteiger partial charge in [0.05, 0.1) is 16.8 Å². The quantitative estimate of drug-likeness (QED) is 0.917. The molecule has 1 N–H and O–H groups in total. The summed E-state index contributed by atoms with van der Waals surface area (Å²) in [6.07, 6.45) is 1.82. The van der Waals surface area contributed by atoms with Gasteiger partial charge in [-0.05, 0) is 32.8 Å². The van der Waals surface area contributed by atoms with Gasteiger partial charge < -0.3 is 10.1 Å². The Balaban J connectivity index is 1.98. The van der Waals surface area contributed by atoms with Gasteiger partial charge in [0.15, 0.2) is 5.69 Å². The predicted octanol–water partition coefficient (Wildman–Crippen LogP) is 2.87. The van der Waals surface area contributed by atoms with Crippen LogP contribution in [0.4, 0.5) is 5.69 Å². The molecule has 1 fully saturated rings. The van der Waals surface area contributed by atoms with Crippen molar-refractivity contribution in [3.63, 3.8) is 0 Å². The summed E-state index contributed by atoms with van der Waals surface area (Å²) in [6.45, 7) is 4.91. The molecule has 0 aliphatic carbocycles. The summed E-state index contributed by atoms with van der Waals surface area (Å²) < 4.78 is 5.74. The fourth-order valence-electron chi connectivity index (χ4n) is 2.84. The summed E-state index contributed by atoms with van der Waals surface area (Å²) in [5.74, 6) is 0. The lowest BCUT2D eigenvalue weighted by molar-refractivity contribution is -0.0553. The summed E-state index contributed by atoms with van der Waals surface area (Å²) in [5, 5.41) is 21.8. The van der Waals surface area contributed by atoms with Crippen molar-refractivity contribution in [1.29, 1.82) is 5.26 Å². The molecular weight excluding hydrogens is 264 g/mol. The van der Waals surface area contributed by atoms with Gasteiger partial charge in [-0.3, -0.25) is 0 Å². The molecule has 1 aliphatic heterocycles. The molecule has 0 spiro atoms. The van der Waals surface area contributed by atoms with Crippen molar-refractivity contribution >= 4 is 16.6 Å². The van der Waals surface area contributed by atoms with Gasteiger partial charge in [-0.1, -0.05) is 18.2 Å². The Morgan fingerprint density at radius 1 is 1.33 bits per heavy atom. The average molecular weight is 282 g/mol. The number of aromatic nitrogens is 2. The van der Waals surface area contributed by atoms with Gasteiger partial charge >= 0.3 is 0 Å². The van der Waals surface area contributed by atoms with E-state index in [0.717, 1.165) is 36.0 Å². The topological polar surface area (TPSA) is 70.8 Å². The van der Waals surface area contributed by atoms with Crippen molar-refractivity contribution in [2.75, 3.05) is 11.9 Å². The highest BCUT2D eigenvalue weighted by Crippen LogP contribution is 2.30. The van der Waals surface area contributed by atoms with Crippen LogP contribution in [0.1, 0.15) is 32.4 Å². The molecule has 0 radical (unpaired) electrons. The van der Waals surface area contributed by atoms with Gasteiger partial charge in [-0.2, -0.15) is 5.26 Å². The smallest absolute Gasteiger partial charge is 0.186 e. The SMILES string of the molecule is CC1(C)CC(Nc2c(C#N)nnc3ccccc23)CCO1. The summed E-state index contributed by atoms with van der Waals surface area (Å²) in [6, 6.07) is 10.1. The van der Waals surface area contributed by atoms with Crippen LogP contribution in [-0.4, -0.2) is 28.4 Å². The maximum absolute atomic E-state index is 9.29. The van der Waals surface area contributed by atoms with Crippen LogP contribution in [0.2, 0.25) is 0 Å². The zero-order valence-electron chi connectivity index (χ0n) is 12.3. The Kier molecular flexibility index (Phi) is 3.48. The van der Waals surface area contributed by atoms with E-state index in [1.54, 1.807) is 0 Å². The fraction of sp³-hybridized carbons (Fsp3) is 0.438. The maximum Gasteiger partial charge on any atom is 0.186 e. The van der Waals surface area contributed by atoms with E-state index in [1.807, 2.05) is 24.3 Å². The van der Waals surface area contributed by atoms with Crippen LogP contribution in [0.15, 0.2) is 24.3 Å². The molecule has 5 nitrogen and oxygen atoms in total. The molecule has 1 saturated heterocycles. The van der Waals surface area contributed by atoms with Crippen LogP contribution in [0.25, 0.3) is 10.9 Å². The Morgan fingerprint density at radius 3 is 2.90 bits per heavy atom. The highest BCUT2D eigenvalue weighted by Gasteiger charge is 2.29. The number of benzene rings is 1. The first-order valence-corrected chi connectivity index (χ1v) is 7.15. The van der Waals surface area contributed by atoms with E-state index in [1.165, 1.54) is 0 Å². The largest absolute Gasteiger partial charge is 0.379 e. The van der Waals surface area contributed by atoms with Crippen molar-refractivity contribution in [2.24, 2.45) is 0 Å². The highest BCUT2D eigenvalue weighted by atomic mass is 16.5. The fourth-order valence-corrected chi connectivity index (χ4v) is 2.84. The van der Waals surface area contributed by atoms with Crippen LogP contribution in [0, 0.1) is 11.3 Å². The van der Waals surface area contributed by atoms with Gasteiger partial charge in [0.2, 0.25) is 0 Å². The van der Waals surface area contributed by atoms with Gasteiger partial charge in [0.25, 0.3) is 0 Å². The second-order valence-electron chi connectivity index (χ2n) is 5.99. The van der Waals surface area contributed by atoms with E-state index >= 15 is 0 Å². The minimum Gasteiger partial charge on any atom is -0.379 e. The Labute approximate surface area is 123 Å². The van der Waals surface area contributed by atoms with Crippen molar-refractivity contribution < 1.29 is 4.74 Å². The molecule has 108 valence electrons. The number of nitrogens with one attached hydrogen (secondary N) is 1. The summed E-state index contributed by atoms with van der Waals surface area (Å²) in [4.78, 5) is 0. The third kappa shape index (κ3) is 2.81. The first kappa shape index (κ1) is 13.8. The molecule has 0 bridgehead atoms. The van der Waals surface area contributed by atoms with E-state index in [4.69, 9.17) is 4.74 Å². The van der Waals surface area contributed by atoms with Crippen molar-refractivity contribution in [1.82, 2.24) is 10.2 Å². The first-order valence-electron chi connectivity index (χ1n) is 7.15. The number of hydrogen-bond acceptors (Lipinski definition) is 5. The highest BCUT2D eigenvalue weighted by molar-refractivity contribution is 5.92. The molecule has 1 unspecified atom stereocenters. The number of anilines is 1. The molecule has 1 aromatic heterocycles. The average Bonchev–Trinajstić information content (AvgIpc) is 2.46. The normalized spacial score (nSPS) is 20.9. The zero-order chi connectivity index (χ0) is 14.9. The Bertz CT molecular complexity index is 705. The van der Waals surface area contributed by atoms with Crippen LogP contribution < -0.4 is 5.32 Å². The van der Waals surface area contributed by atoms with E-state index < -0.39 is 0 Å². The van der Waals surface area contributed by atoms with Crippen LogP contribution in [0.5, 0.6) is 0 Å². The molecule has 2 aromatic rings. The third-order valence-electron chi connectivity index (χ3n) is 3.82. The second-order valence-corrected chi connectivity index (χ2v) is 5.99. The van der Waals surface area contributed by atoms with Gasteiger partial charge in [-0.15, -0.1) is 10.2 Å². The zero-order valence-corrected chi connectivity index (χ0v) is 12.3. The molecule has 1 aliphatic rings. The molecule has 0 amide bonds.